The number of ether oxygens (including phenoxy) is 3. The van der Waals surface area contributed by atoms with Gasteiger partial charge in [-0.25, -0.2) is 0 Å². The van der Waals surface area contributed by atoms with Gasteiger partial charge in [0.15, 0.2) is 6.61 Å². The summed E-state index contributed by atoms with van der Waals surface area (Å²) in [6.45, 7) is 7.51. The van der Waals surface area contributed by atoms with Gasteiger partial charge in [-0.2, -0.15) is 0 Å². The molecular weight excluding hydrogens is 330 g/mol. The molecule has 0 saturated carbocycles. The minimum atomic E-state index is -0.216. The number of benzene rings is 2. The molecule has 0 aromatic heterocycles. The number of hydrogen-bond acceptors (Lipinski definition) is 4. The summed E-state index contributed by atoms with van der Waals surface area (Å²) in [4.78, 5) is 12.0. The summed E-state index contributed by atoms with van der Waals surface area (Å²) >= 11 is 0. The van der Waals surface area contributed by atoms with Gasteiger partial charge in [-0.1, -0.05) is 13.8 Å². The Bertz CT molecular complexity index is 665. The first-order chi connectivity index (χ1) is 12.6. The summed E-state index contributed by atoms with van der Waals surface area (Å²) in [5.41, 5.74) is 0.705. The van der Waals surface area contributed by atoms with Crippen molar-refractivity contribution < 1.29 is 19.0 Å². The predicted octanol–water partition coefficient (Wildman–Crippen LogP) is 4.53. The number of carbonyl (C=O) groups excluding carboxylic acids is 1. The second-order valence-corrected chi connectivity index (χ2v) is 6.30. The van der Waals surface area contributed by atoms with Crippen LogP contribution >= 0.6 is 0 Å². The van der Waals surface area contributed by atoms with Gasteiger partial charge in [-0.15, -0.1) is 0 Å². The van der Waals surface area contributed by atoms with E-state index in [0.29, 0.717) is 30.6 Å². The first kappa shape index (κ1) is 19.6. The molecule has 0 bridgehead atoms. The average Bonchev–Trinajstić information content (AvgIpc) is 2.63. The maximum Gasteiger partial charge on any atom is 0.262 e. The van der Waals surface area contributed by atoms with Gasteiger partial charge in [0, 0.05) is 5.69 Å². The number of carbonyl (C=O) groups is 1. The summed E-state index contributed by atoms with van der Waals surface area (Å²) in [5, 5.41) is 2.79. The second kappa shape index (κ2) is 10.3. The van der Waals surface area contributed by atoms with E-state index >= 15 is 0 Å². The van der Waals surface area contributed by atoms with Gasteiger partial charge in [-0.05, 0) is 67.8 Å². The summed E-state index contributed by atoms with van der Waals surface area (Å²) < 4.78 is 16.5. The van der Waals surface area contributed by atoms with E-state index < -0.39 is 0 Å². The van der Waals surface area contributed by atoms with Crippen LogP contribution in [0, 0.1) is 5.92 Å². The quantitative estimate of drug-likeness (QED) is 0.679. The Balaban J connectivity index is 1.74. The smallest absolute Gasteiger partial charge is 0.262 e. The standard InChI is InChI=1S/C21H27NO4/c1-4-24-18-7-5-17(6-8-18)22-21(23)15-26-20-11-9-19(10-12-20)25-14-13-16(2)3/h5-12,16H,4,13-15H2,1-3H3,(H,22,23). The Hall–Kier alpha value is -2.69. The van der Waals surface area contributed by atoms with Crippen molar-refractivity contribution in [3.63, 3.8) is 0 Å². The lowest BCUT2D eigenvalue weighted by Crippen LogP contribution is -2.20. The van der Waals surface area contributed by atoms with Crippen molar-refractivity contribution in [3.8, 4) is 17.2 Å². The minimum Gasteiger partial charge on any atom is -0.494 e. The molecular formula is C21H27NO4. The van der Waals surface area contributed by atoms with Crippen LogP contribution in [-0.4, -0.2) is 25.7 Å². The molecule has 0 spiro atoms. The zero-order chi connectivity index (χ0) is 18.8. The highest BCUT2D eigenvalue weighted by Gasteiger charge is 2.05. The number of rotatable bonds is 10. The lowest BCUT2D eigenvalue weighted by atomic mass is 10.1. The zero-order valence-corrected chi connectivity index (χ0v) is 15.7. The molecule has 0 aliphatic rings. The van der Waals surface area contributed by atoms with E-state index in [4.69, 9.17) is 14.2 Å². The van der Waals surface area contributed by atoms with Gasteiger partial charge >= 0.3 is 0 Å². The van der Waals surface area contributed by atoms with Crippen LogP contribution in [0.15, 0.2) is 48.5 Å². The first-order valence-corrected chi connectivity index (χ1v) is 8.95. The fourth-order valence-electron chi connectivity index (χ4n) is 2.19. The van der Waals surface area contributed by atoms with Crippen molar-refractivity contribution in [1.82, 2.24) is 0 Å². The molecule has 5 heteroatoms. The second-order valence-electron chi connectivity index (χ2n) is 6.30. The third-order valence-corrected chi connectivity index (χ3v) is 3.61. The maximum absolute atomic E-state index is 12.0. The molecule has 2 aromatic carbocycles. The molecule has 0 unspecified atom stereocenters. The average molecular weight is 357 g/mol. The molecule has 140 valence electrons. The highest BCUT2D eigenvalue weighted by Crippen LogP contribution is 2.19. The highest BCUT2D eigenvalue weighted by molar-refractivity contribution is 5.91. The van der Waals surface area contributed by atoms with E-state index in [1.807, 2.05) is 31.2 Å². The monoisotopic (exact) mass is 357 g/mol. The molecule has 0 radical (unpaired) electrons. The summed E-state index contributed by atoms with van der Waals surface area (Å²) in [6, 6.07) is 14.5. The van der Waals surface area contributed by atoms with Gasteiger partial charge in [0.25, 0.3) is 5.91 Å². The van der Waals surface area contributed by atoms with Crippen molar-refractivity contribution in [2.45, 2.75) is 27.2 Å². The molecule has 0 fully saturated rings. The van der Waals surface area contributed by atoms with Crippen LogP contribution in [0.2, 0.25) is 0 Å². The van der Waals surface area contributed by atoms with E-state index in [1.54, 1.807) is 24.3 Å². The molecule has 1 amide bonds. The molecule has 2 rings (SSSR count). The Kier molecular flexibility index (Phi) is 7.80. The molecule has 26 heavy (non-hydrogen) atoms. The predicted molar refractivity (Wildman–Crippen MR) is 103 cm³/mol. The van der Waals surface area contributed by atoms with Crippen LogP contribution < -0.4 is 19.5 Å². The van der Waals surface area contributed by atoms with Crippen LogP contribution in [0.3, 0.4) is 0 Å². The van der Waals surface area contributed by atoms with Crippen LogP contribution in [0.25, 0.3) is 0 Å². The van der Waals surface area contributed by atoms with Crippen molar-refractivity contribution in [1.29, 1.82) is 0 Å². The molecule has 0 aliphatic carbocycles. The van der Waals surface area contributed by atoms with E-state index in [1.165, 1.54) is 0 Å². The van der Waals surface area contributed by atoms with E-state index in [9.17, 15) is 4.79 Å². The van der Waals surface area contributed by atoms with E-state index in [0.717, 1.165) is 17.9 Å². The van der Waals surface area contributed by atoms with Crippen LogP contribution in [-0.2, 0) is 4.79 Å². The molecule has 2 aromatic rings. The zero-order valence-electron chi connectivity index (χ0n) is 15.7. The lowest BCUT2D eigenvalue weighted by Gasteiger charge is -2.10. The van der Waals surface area contributed by atoms with Gasteiger partial charge < -0.3 is 19.5 Å². The number of amides is 1. The largest absolute Gasteiger partial charge is 0.494 e. The van der Waals surface area contributed by atoms with Crippen LogP contribution in [0.4, 0.5) is 5.69 Å². The Morgan fingerprint density at radius 1 is 0.885 bits per heavy atom. The molecule has 0 atom stereocenters. The lowest BCUT2D eigenvalue weighted by molar-refractivity contribution is -0.118. The molecule has 5 nitrogen and oxygen atoms in total. The van der Waals surface area contributed by atoms with Crippen molar-refractivity contribution in [3.05, 3.63) is 48.5 Å². The fourth-order valence-corrected chi connectivity index (χ4v) is 2.19. The van der Waals surface area contributed by atoms with Crippen molar-refractivity contribution in [2.24, 2.45) is 5.92 Å². The summed E-state index contributed by atoms with van der Waals surface area (Å²) in [5.74, 6) is 2.61. The van der Waals surface area contributed by atoms with Crippen LogP contribution in [0.5, 0.6) is 17.2 Å². The van der Waals surface area contributed by atoms with Gasteiger partial charge in [-0.3, -0.25) is 4.79 Å². The van der Waals surface area contributed by atoms with E-state index in [2.05, 4.69) is 19.2 Å². The van der Waals surface area contributed by atoms with Crippen molar-refractivity contribution in [2.75, 3.05) is 25.1 Å². The molecule has 0 aliphatic heterocycles. The van der Waals surface area contributed by atoms with Crippen molar-refractivity contribution >= 4 is 11.6 Å². The Morgan fingerprint density at radius 3 is 2.00 bits per heavy atom. The topological polar surface area (TPSA) is 56.8 Å². The van der Waals surface area contributed by atoms with Crippen LogP contribution in [0.1, 0.15) is 27.2 Å². The fraction of sp³-hybridized carbons (Fsp3) is 0.381. The third kappa shape index (κ3) is 7.05. The maximum atomic E-state index is 12.0. The SMILES string of the molecule is CCOc1ccc(NC(=O)COc2ccc(OCCC(C)C)cc2)cc1. The number of nitrogens with one attached hydrogen (secondary N) is 1. The molecule has 0 heterocycles. The van der Waals surface area contributed by atoms with Gasteiger partial charge in [0.2, 0.25) is 0 Å². The number of hydrogen-bond donors (Lipinski definition) is 1. The minimum absolute atomic E-state index is 0.0548. The molecule has 0 saturated heterocycles. The summed E-state index contributed by atoms with van der Waals surface area (Å²) in [7, 11) is 0. The number of anilines is 1. The Labute approximate surface area is 155 Å². The third-order valence-electron chi connectivity index (χ3n) is 3.61. The Morgan fingerprint density at radius 2 is 1.42 bits per heavy atom. The highest BCUT2D eigenvalue weighted by atomic mass is 16.5. The normalized spacial score (nSPS) is 10.5. The van der Waals surface area contributed by atoms with Gasteiger partial charge in [0.1, 0.15) is 17.2 Å². The molecule has 1 N–H and O–H groups in total. The summed E-state index contributed by atoms with van der Waals surface area (Å²) in [6.07, 6.45) is 1.02. The van der Waals surface area contributed by atoms with E-state index in [-0.39, 0.29) is 12.5 Å². The first-order valence-electron chi connectivity index (χ1n) is 8.95. The van der Waals surface area contributed by atoms with Gasteiger partial charge in [0.05, 0.1) is 13.2 Å².